The molecule has 3 heteroatoms. The SMILES string of the molecule is CCC1CC1N1CCCC(NC)C1=O. The van der Waals surface area contributed by atoms with E-state index in [1.807, 2.05) is 7.05 Å². The van der Waals surface area contributed by atoms with E-state index in [0.29, 0.717) is 11.9 Å². The van der Waals surface area contributed by atoms with E-state index < -0.39 is 0 Å². The normalized spacial score (nSPS) is 37.4. The monoisotopic (exact) mass is 196 g/mol. The molecule has 1 saturated carbocycles. The van der Waals surface area contributed by atoms with E-state index in [0.717, 1.165) is 25.3 Å². The molecule has 1 aliphatic heterocycles. The molecule has 0 spiro atoms. The molecule has 1 heterocycles. The van der Waals surface area contributed by atoms with Crippen molar-refractivity contribution in [2.75, 3.05) is 13.6 Å². The molecule has 1 aliphatic carbocycles. The van der Waals surface area contributed by atoms with Crippen molar-refractivity contribution in [2.24, 2.45) is 5.92 Å². The number of nitrogens with zero attached hydrogens (tertiary/aromatic N) is 1. The molecule has 0 aromatic rings. The zero-order valence-corrected chi connectivity index (χ0v) is 9.12. The first kappa shape index (κ1) is 9.97. The van der Waals surface area contributed by atoms with Gasteiger partial charge in [-0.25, -0.2) is 0 Å². The van der Waals surface area contributed by atoms with Crippen LogP contribution in [0.15, 0.2) is 0 Å². The lowest BCUT2D eigenvalue weighted by molar-refractivity contribution is -0.136. The molecule has 2 aliphatic rings. The fourth-order valence-corrected chi connectivity index (χ4v) is 2.55. The lowest BCUT2D eigenvalue weighted by atomic mass is 10.0. The van der Waals surface area contributed by atoms with Gasteiger partial charge < -0.3 is 10.2 Å². The standard InChI is InChI=1S/C11H20N2O/c1-3-8-7-10(8)13-6-4-5-9(12-2)11(13)14/h8-10,12H,3-7H2,1-2H3. The minimum Gasteiger partial charge on any atom is -0.338 e. The Bertz CT molecular complexity index is 229. The largest absolute Gasteiger partial charge is 0.338 e. The van der Waals surface area contributed by atoms with E-state index in [4.69, 9.17) is 0 Å². The van der Waals surface area contributed by atoms with Gasteiger partial charge in [-0.3, -0.25) is 4.79 Å². The van der Waals surface area contributed by atoms with Gasteiger partial charge in [-0.05, 0) is 32.2 Å². The molecule has 1 saturated heterocycles. The molecule has 2 fully saturated rings. The quantitative estimate of drug-likeness (QED) is 0.730. The third kappa shape index (κ3) is 1.65. The number of rotatable bonds is 3. The van der Waals surface area contributed by atoms with Crippen LogP contribution in [0, 0.1) is 5.92 Å². The minimum absolute atomic E-state index is 0.0851. The first-order chi connectivity index (χ1) is 6.77. The van der Waals surface area contributed by atoms with Crippen molar-refractivity contribution in [3.63, 3.8) is 0 Å². The van der Waals surface area contributed by atoms with Gasteiger partial charge in [0.1, 0.15) is 0 Å². The van der Waals surface area contributed by atoms with Gasteiger partial charge in [0.05, 0.1) is 6.04 Å². The number of carbonyl (C=O) groups is 1. The lowest BCUT2D eigenvalue weighted by Crippen LogP contribution is -2.50. The summed E-state index contributed by atoms with van der Waals surface area (Å²) in [7, 11) is 1.89. The summed E-state index contributed by atoms with van der Waals surface area (Å²) in [5, 5.41) is 3.11. The average molecular weight is 196 g/mol. The maximum Gasteiger partial charge on any atom is 0.239 e. The van der Waals surface area contributed by atoms with Crippen LogP contribution in [0.4, 0.5) is 0 Å². The van der Waals surface area contributed by atoms with Crippen molar-refractivity contribution in [2.45, 2.75) is 44.7 Å². The third-order valence-electron chi connectivity index (χ3n) is 3.63. The van der Waals surface area contributed by atoms with Crippen LogP contribution in [-0.4, -0.2) is 36.5 Å². The van der Waals surface area contributed by atoms with Gasteiger partial charge in [0.25, 0.3) is 0 Å². The fourth-order valence-electron chi connectivity index (χ4n) is 2.55. The highest BCUT2D eigenvalue weighted by atomic mass is 16.2. The lowest BCUT2D eigenvalue weighted by Gasteiger charge is -2.32. The maximum absolute atomic E-state index is 12.0. The first-order valence-corrected chi connectivity index (χ1v) is 5.75. The predicted molar refractivity (Wildman–Crippen MR) is 56.0 cm³/mol. The van der Waals surface area contributed by atoms with E-state index in [-0.39, 0.29) is 6.04 Å². The zero-order chi connectivity index (χ0) is 10.1. The van der Waals surface area contributed by atoms with E-state index in [9.17, 15) is 4.79 Å². The highest BCUT2D eigenvalue weighted by molar-refractivity contribution is 5.83. The zero-order valence-electron chi connectivity index (χ0n) is 9.12. The number of piperidine rings is 1. The first-order valence-electron chi connectivity index (χ1n) is 5.75. The highest BCUT2D eigenvalue weighted by Gasteiger charge is 2.44. The molecule has 2 rings (SSSR count). The average Bonchev–Trinajstić information content (AvgIpc) is 2.97. The van der Waals surface area contributed by atoms with E-state index in [2.05, 4.69) is 17.1 Å². The summed E-state index contributed by atoms with van der Waals surface area (Å²) in [6.07, 6.45) is 4.62. The summed E-state index contributed by atoms with van der Waals surface area (Å²) in [5.74, 6) is 1.12. The van der Waals surface area contributed by atoms with Crippen molar-refractivity contribution < 1.29 is 4.79 Å². The molecule has 0 radical (unpaired) electrons. The molecular formula is C11H20N2O. The van der Waals surface area contributed by atoms with Crippen LogP contribution >= 0.6 is 0 Å². The molecule has 3 nitrogen and oxygen atoms in total. The Morgan fingerprint density at radius 2 is 2.36 bits per heavy atom. The Kier molecular flexibility index (Phi) is 2.77. The van der Waals surface area contributed by atoms with Crippen molar-refractivity contribution in [1.82, 2.24) is 10.2 Å². The maximum atomic E-state index is 12.0. The van der Waals surface area contributed by atoms with Gasteiger partial charge in [-0.1, -0.05) is 13.3 Å². The number of hydrogen-bond donors (Lipinski definition) is 1. The summed E-state index contributed by atoms with van der Waals surface area (Å²) >= 11 is 0. The van der Waals surface area contributed by atoms with Gasteiger partial charge in [-0.15, -0.1) is 0 Å². The second kappa shape index (κ2) is 3.89. The van der Waals surface area contributed by atoms with Gasteiger partial charge in [0, 0.05) is 12.6 Å². The molecule has 3 unspecified atom stereocenters. The molecule has 1 N–H and O–H groups in total. The van der Waals surface area contributed by atoms with Crippen molar-refractivity contribution in [3.8, 4) is 0 Å². The number of likely N-dealkylation sites (tertiary alicyclic amines) is 1. The molecule has 14 heavy (non-hydrogen) atoms. The Labute approximate surface area is 85.8 Å². The Balaban J connectivity index is 1.95. The molecule has 0 bridgehead atoms. The van der Waals surface area contributed by atoms with Gasteiger partial charge >= 0.3 is 0 Å². The molecule has 0 aromatic heterocycles. The van der Waals surface area contributed by atoms with Crippen molar-refractivity contribution >= 4 is 5.91 Å². The number of hydrogen-bond acceptors (Lipinski definition) is 2. The second-order valence-electron chi connectivity index (χ2n) is 4.49. The van der Waals surface area contributed by atoms with Crippen molar-refractivity contribution in [1.29, 1.82) is 0 Å². The van der Waals surface area contributed by atoms with E-state index in [1.165, 1.54) is 12.8 Å². The Morgan fingerprint density at radius 1 is 1.57 bits per heavy atom. The number of amides is 1. The summed E-state index contributed by atoms with van der Waals surface area (Å²) < 4.78 is 0. The molecular weight excluding hydrogens is 176 g/mol. The number of likely N-dealkylation sites (N-methyl/N-ethyl adjacent to an activating group) is 1. The van der Waals surface area contributed by atoms with Gasteiger partial charge in [0.2, 0.25) is 5.91 Å². The molecule has 80 valence electrons. The van der Waals surface area contributed by atoms with Crippen LogP contribution in [0.25, 0.3) is 0 Å². The minimum atomic E-state index is 0.0851. The summed E-state index contributed by atoms with van der Waals surface area (Å²) in [4.78, 5) is 14.1. The fraction of sp³-hybridized carbons (Fsp3) is 0.909. The summed E-state index contributed by atoms with van der Waals surface area (Å²) in [6.45, 7) is 3.20. The summed E-state index contributed by atoms with van der Waals surface area (Å²) in [5.41, 5.74) is 0. The smallest absolute Gasteiger partial charge is 0.239 e. The van der Waals surface area contributed by atoms with E-state index in [1.54, 1.807) is 0 Å². The van der Waals surface area contributed by atoms with Crippen LogP contribution in [-0.2, 0) is 4.79 Å². The topological polar surface area (TPSA) is 32.3 Å². The van der Waals surface area contributed by atoms with Gasteiger partial charge in [-0.2, -0.15) is 0 Å². The Hall–Kier alpha value is -0.570. The predicted octanol–water partition coefficient (Wildman–Crippen LogP) is 0.995. The van der Waals surface area contributed by atoms with E-state index >= 15 is 0 Å². The second-order valence-corrected chi connectivity index (χ2v) is 4.49. The molecule has 3 atom stereocenters. The van der Waals surface area contributed by atoms with Crippen LogP contribution in [0.5, 0.6) is 0 Å². The molecule has 1 amide bonds. The summed E-state index contributed by atoms with van der Waals surface area (Å²) in [6, 6.07) is 0.658. The Morgan fingerprint density at radius 3 is 2.93 bits per heavy atom. The highest BCUT2D eigenvalue weighted by Crippen LogP contribution is 2.39. The van der Waals surface area contributed by atoms with Gasteiger partial charge in [0.15, 0.2) is 0 Å². The molecule has 0 aromatic carbocycles. The number of carbonyl (C=O) groups excluding carboxylic acids is 1. The van der Waals surface area contributed by atoms with Crippen LogP contribution in [0.1, 0.15) is 32.6 Å². The van der Waals surface area contributed by atoms with Crippen LogP contribution in [0.2, 0.25) is 0 Å². The third-order valence-corrected chi connectivity index (χ3v) is 3.63. The van der Waals surface area contributed by atoms with Crippen LogP contribution < -0.4 is 5.32 Å². The number of nitrogens with one attached hydrogen (secondary N) is 1. The van der Waals surface area contributed by atoms with Crippen molar-refractivity contribution in [3.05, 3.63) is 0 Å². The van der Waals surface area contributed by atoms with Crippen LogP contribution in [0.3, 0.4) is 0 Å².